The summed E-state index contributed by atoms with van der Waals surface area (Å²) in [6.07, 6.45) is 2.37. The van der Waals surface area contributed by atoms with Gasteiger partial charge in [0, 0.05) is 16.6 Å². The molecule has 0 aliphatic heterocycles. The lowest BCUT2D eigenvalue weighted by Gasteiger charge is -2.22. The van der Waals surface area contributed by atoms with E-state index >= 15 is 0 Å². The van der Waals surface area contributed by atoms with Gasteiger partial charge in [-0.3, -0.25) is 0 Å². The Morgan fingerprint density at radius 2 is 1.80 bits per heavy atom. The first-order chi connectivity index (χ1) is 7.19. The van der Waals surface area contributed by atoms with Crippen molar-refractivity contribution in [2.45, 2.75) is 45.7 Å². The van der Waals surface area contributed by atoms with Gasteiger partial charge in [-0.05, 0) is 31.4 Å². The Balaban J connectivity index is 2.68. The van der Waals surface area contributed by atoms with Crippen LogP contribution in [0, 0.1) is 0 Å². The topological polar surface area (TPSA) is 12.0 Å². The Bertz CT molecular complexity index is 294. The Morgan fingerprint density at radius 3 is 2.33 bits per heavy atom. The van der Waals surface area contributed by atoms with Crippen molar-refractivity contribution in [3.63, 3.8) is 0 Å². The number of nitrogens with one attached hydrogen (secondary N) is 1. The van der Waals surface area contributed by atoms with Gasteiger partial charge in [-0.1, -0.05) is 48.0 Å². The van der Waals surface area contributed by atoms with Gasteiger partial charge >= 0.3 is 0 Å². The van der Waals surface area contributed by atoms with Crippen LogP contribution in [0.3, 0.4) is 0 Å². The summed E-state index contributed by atoms with van der Waals surface area (Å²) in [5.74, 6) is 0. The van der Waals surface area contributed by atoms with Crippen LogP contribution in [0.2, 0.25) is 0 Å². The lowest BCUT2D eigenvalue weighted by Crippen LogP contribution is -2.30. The second-order valence-electron chi connectivity index (χ2n) is 3.92. The van der Waals surface area contributed by atoms with Crippen LogP contribution in [0.1, 0.15) is 45.2 Å². The van der Waals surface area contributed by atoms with Gasteiger partial charge in [0.1, 0.15) is 0 Å². The third-order valence-electron chi connectivity index (χ3n) is 2.84. The number of rotatable bonds is 5. The molecule has 2 heteroatoms. The van der Waals surface area contributed by atoms with Gasteiger partial charge in [-0.25, -0.2) is 0 Å². The van der Waals surface area contributed by atoms with Crippen molar-refractivity contribution in [1.29, 1.82) is 0 Å². The van der Waals surface area contributed by atoms with E-state index in [0.717, 1.165) is 0 Å². The van der Waals surface area contributed by atoms with E-state index in [4.69, 9.17) is 0 Å². The van der Waals surface area contributed by atoms with E-state index in [-0.39, 0.29) is 0 Å². The van der Waals surface area contributed by atoms with E-state index < -0.39 is 0 Å². The molecular weight excluding hydrogens is 250 g/mol. The van der Waals surface area contributed by atoms with Crippen LogP contribution in [0.25, 0.3) is 0 Å². The third-order valence-corrected chi connectivity index (χ3v) is 3.57. The Kier molecular flexibility index (Phi) is 5.34. The lowest BCUT2D eigenvalue weighted by molar-refractivity contribution is 0.432. The van der Waals surface area contributed by atoms with Crippen LogP contribution in [0.15, 0.2) is 28.7 Å². The van der Waals surface area contributed by atoms with Gasteiger partial charge < -0.3 is 5.32 Å². The highest BCUT2D eigenvalue weighted by Gasteiger charge is 2.11. The molecule has 0 aromatic heterocycles. The molecule has 0 spiro atoms. The zero-order chi connectivity index (χ0) is 11.3. The minimum atomic E-state index is 0.408. The largest absolute Gasteiger partial charge is 0.307 e. The molecule has 0 amide bonds. The average molecular weight is 270 g/mol. The molecule has 84 valence electrons. The summed E-state index contributed by atoms with van der Waals surface area (Å²) < 4.78 is 1.19. The van der Waals surface area contributed by atoms with Crippen molar-refractivity contribution >= 4 is 15.9 Å². The molecule has 0 bridgehead atoms. The smallest absolute Gasteiger partial charge is 0.0305 e. The fraction of sp³-hybridized carbons (Fsp3) is 0.538. The second kappa shape index (κ2) is 6.29. The minimum Gasteiger partial charge on any atom is -0.307 e. The summed E-state index contributed by atoms with van der Waals surface area (Å²) in [7, 11) is 0. The van der Waals surface area contributed by atoms with E-state index in [2.05, 4.69) is 66.3 Å². The van der Waals surface area contributed by atoms with Crippen molar-refractivity contribution in [3.05, 3.63) is 34.3 Å². The standard InChI is InChI=1S/C13H20BrN/c1-4-11(5-2)15-10(3)12-8-6-7-9-13(12)14/h6-11,15H,4-5H2,1-3H3/t10-/m1/s1. The lowest BCUT2D eigenvalue weighted by atomic mass is 10.1. The number of hydrogen-bond donors (Lipinski definition) is 1. The quantitative estimate of drug-likeness (QED) is 0.841. The van der Waals surface area contributed by atoms with Gasteiger partial charge in [0.05, 0.1) is 0 Å². The van der Waals surface area contributed by atoms with E-state index in [1.807, 2.05) is 0 Å². The van der Waals surface area contributed by atoms with Crippen LogP contribution >= 0.6 is 15.9 Å². The van der Waals surface area contributed by atoms with Crippen molar-refractivity contribution in [2.75, 3.05) is 0 Å². The average Bonchev–Trinajstić information content (AvgIpc) is 2.26. The molecule has 1 aromatic rings. The van der Waals surface area contributed by atoms with Gasteiger partial charge in [-0.2, -0.15) is 0 Å². The van der Waals surface area contributed by atoms with Crippen LogP contribution < -0.4 is 5.32 Å². The molecule has 1 atom stereocenters. The molecule has 1 N–H and O–H groups in total. The Hall–Kier alpha value is -0.340. The summed E-state index contributed by atoms with van der Waals surface area (Å²) in [4.78, 5) is 0. The number of benzene rings is 1. The number of halogens is 1. The first-order valence-corrected chi connectivity index (χ1v) is 6.48. The maximum absolute atomic E-state index is 3.64. The molecular formula is C13H20BrN. The molecule has 0 unspecified atom stereocenters. The predicted octanol–water partition coefficient (Wildman–Crippen LogP) is 4.29. The zero-order valence-electron chi connectivity index (χ0n) is 9.76. The van der Waals surface area contributed by atoms with Crippen molar-refractivity contribution in [2.24, 2.45) is 0 Å². The molecule has 0 radical (unpaired) electrons. The molecule has 1 nitrogen and oxygen atoms in total. The van der Waals surface area contributed by atoms with Crippen LogP contribution in [-0.4, -0.2) is 6.04 Å². The van der Waals surface area contributed by atoms with Gasteiger partial charge in [0.15, 0.2) is 0 Å². The second-order valence-corrected chi connectivity index (χ2v) is 4.78. The molecule has 0 saturated carbocycles. The monoisotopic (exact) mass is 269 g/mol. The van der Waals surface area contributed by atoms with Crippen LogP contribution in [0.4, 0.5) is 0 Å². The van der Waals surface area contributed by atoms with E-state index in [1.165, 1.54) is 22.9 Å². The summed E-state index contributed by atoms with van der Waals surface area (Å²) in [5, 5.41) is 3.64. The van der Waals surface area contributed by atoms with Gasteiger partial charge in [0.2, 0.25) is 0 Å². The summed E-state index contributed by atoms with van der Waals surface area (Å²) in [6, 6.07) is 9.44. The van der Waals surface area contributed by atoms with Gasteiger partial charge in [-0.15, -0.1) is 0 Å². The Labute approximate surface area is 101 Å². The summed E-state index contributed by atoms with van der Waals surface area (Å²) in [5.41, 5.74) is 1.34. The fourth-order valence-corrected chi connectivity index (χ4v) is 2.42. The first-order valence-electron chi connectivity index (χ1n) is 5.69. The maximum Gasteiger partial charge on any atom is 0.0305 e. The van der Waals surface area contributed by atoms with Gasteiger partial charge in [0.25, 0.3) is 0 Å². The Morgan fingerprint density at radius 1 is 1.20 bits per heavy atom. The molecule has 0 aliphatic rings. The highest BCUT2D eigenvalue weighted by atomic mass is 79.9. The zero-order valence-corrected chi connectivity index (χ0v) is 11.3. The highest BCUT2D eigenvalue weighted by molar-refractivity contribution is 9.10. The van der Waals surface area contributed by atoms with Crippen LogP contribution in [-0.2, 0) is 0 Å². The summed E-state index contributed by atoms with van der Waals surface area (Å²) in [6.45, 7) is 6.68. The maximum atomic E-state index is 3.64. The van der Waals surface area contributed by atoms with Crippen LogP contribution in [0.5, 0.6) is 0 Å². The predicted molar refractivity (Wildman–Crippen MR) is 70.1 cm³/mol. The van der Waals surface area contributed by atoms with E-state index in [1.54, 1.807) is 0 Å². The molecule has 0 saturated heterocycles. The highest BCUT2D eigenvalue weighted by Crippen LogP contribution is 2.23. The fourth-order valence-electron chi connectivity index (χ4n) is 1.79. The molecule has 15 heavy (non-hydrogen) atoms. The van der Waals surface area contributed by atoms with Crippen molar-refractivity contribution in [1.82, 2.24) is 5.32 Å². The third kappa shape index (κ3) is 3.62. The summed E-state index contributed by atoms with van der Waals surface area (Å²) >= 11 is 3.59. The molecule has 0 heterocycles. The minimum absolute atomic E-state index is 0.408. The SMILES string of the molecule is CCC(CC)N[C@H](C)c1ccccc1Br. The molecule has 1 rings (SSSR count). The van der Waals surface area contributed by atoms with Crippen molar-refractivity contribution in [3.8, 4) is 0 Å². The molecule has 0 aliphatic carbocycles. The van der Waals surface area contributed by atoms with E-state index in [9.17, 15) is 0 Å². The molecule has 0 fully saturated rings. The van der Waals surface area contributed by atoms with E-state index in [0.29, 0.717) is 12.1 Å². The molecule has 1 aromatic carbocycles. The van der Waals surface area contributed by atoms with Crippen molar-refractivity contribution < 1.29 is 0 Å². The normalized spacial score (nSPS) is 13.1. The number of hydrogen-bond acceptors (Lipinski definition) is 1. The first kappa shape index (κ1) is 12.7.